The first kappa shape index (κ1) is 13.7. The molecule has 0 aliphatic carbocycles. The zero-order chi connectivity index (χ0) is 12.7. The lowest BCUT2D eigenvalue weighted by Gasteiger charge is -2.14. The molecule has 0 bridgehead atoms. The summed E-state index contributed by atoms with van der Waals surface area (Å²) in [6.45, 7) is 5.10. The Hall–Kier alpha value is -1.35. The Morgan fingerprint density at radius 3 is 2.53 bits per heavy atom. The van der Waals surface area contributed by atoms with Crippen LogP contribution in [-0.2, 0) is 11.2 Å². The van der Waals surface area contributed by atoms with Crippen LogP contribution in [0.15, 0.2) is 24.3 Å². The third kappa shape index (κ3) is 5.00. The lowest BCUT2D eigenvalue weighted by Crippen LogP contribution is -2.21. The van der Waals surface area contributed by atoms with E-state index in [2.05, 4.69) is 43.4 Å². The van der Waals surface area contributed by atoms with E-state index in [9.17, 15) is 4.79 Å². The van der Waals surface area contributed by atoms with Crippen molar-refractivity contribution in [1.29, 1.82) is 0 Å². The van der Waals surface area contributed by atoms with Crippen molar-refractivity contribution in [2.45, 2.75) is 39.2 Å². The third-order valence-corrected chi connectivity index (χ3v) is 2.94. The van der Waals surface area contributed by atoms with Gasteiger partial charge in [-0.05, 0) is 37.4 Å². The van der Waals surface area contributed by atoms with E-state index in [1.54, 1.807) is 0 Å². The zero-order valence-corrected chi connectivity index (χ0v) is 10.7. The molecule has 3 heteroatoms. The standard InChI is InChI=1S/C14H22N2O/c1-3-12-6-8-13(9-7-12)11(2)16-10-4-5-14(15)17/h6-9,11,16H,3-5,10H2,1-2H3,(H2,15,17). The van der Waals surface area contributed by atoms with E-state index in [1.165, 1.54) is 11.1 Å². The summed E-state index contributed by atoms with van der Waals surface area (Å²) in [4.78, 5) is 10.6. The van der Waals surface area contributed by atoms with Crippen LogP contribution >= 0.6 is 0 Å². The van der Waals surface area contributed by atoms with Gasteiger partial charge >= 0.3 is 0 Å². The van der Waals surface area contributed by atoms with Gasteiger partial charge < -0.3 is 11.1 Å². The van der Waals surface area contributed by atoms with Crippen molar-refractivity contribution >= 4 is 5.91 Å². The quantitative estimate of drug-likeness (QED) is 0.710. The molecule has 1 aromatic rings. The first-order valence-corrected chi connectivity index (χ1v) is 6.24. The van der Waals surface area contributed by atoms with Gasteiger partial charge in [0, 0.05) is 12.5 Å². The summed E-state index contributed by atoms with van der Waals surface area (Å²) in [5.41, 5.74) is 7.72. The Balaban J connectivity index is 2.35. The second-order valence-corrected chi connectivity index (χ2v) is 4.34. The summed E-state index contributed by atoms with van der Waals surface area (Å²) in [6.07, 6.45) is 2.32. The van der Waals surface area contributed by atoms with Gasteiger partial charge in [0.05, 0.1) is 0 Å². The number of nitrogens with one attached hydrogen (secondary N) is 1. The number of hydrogen-bond donors (Lipinski definition) is 2. The molecular formula is C14H22N2O. The minimum absolute atomic E-state index is 0.230. The number of aryl methyl sites for hydroxylation is 1. The lowest BCUT2D eigenvalue weighted by molar-refractivity contribution is -0.118. The summed E-state index contributed by atoms with van der Waals surface area (Å²) >= 11 is 0. The smallest absolute Gasteiger partial charge is 0.217 e. The largest absolute Gasteiger partial charge is 0.370 e. The minimum Gasteiger partial charge on any atom is -0.370 e. The maximum atomic E-state index is 10.6. The molecule has 0 aliphatic heterocycles. The van der Waals surface area contributed by atoms with E-state index < -0.39 is 0 Å². The number of benzene rings is 1. The summed E-state index contributed by atoms with van der Waals surface area (Å²) in [6, 6.07) is 8.96. The van der Waals surface area contributed by atoms with Gasteiger partial charge in [-0.3, -0.25) is 4.79 Å². The van der Waals surface area contributed by atoms with Crippen molar-refractivity contribution < 1.29 is 4.79 Å². The lowest BCUT2D eigenvalue weighted by atomic mass is 10.0. The predicted molar refractivity (Wildman–Crippen MR) is 70.7 cm³/mol. The molecule has 0 aliphatic rings. The molecule has 0 saturated heterocycles. The summed E-state index contributed by atoms with van der Waals surface area (Å²) < 4.78 is 0. The molecule has 3 nitrogen and oxygen atoms in total. The van der Waals surface area contributed by atoms with Crippen molar-refractivity contribution in [3.8, 4) is 0 Å². The first-order valence-electron chi connectivity index (χ1n) is 6.24. The fourth-order valence-electron chi connectivity index (χ4n) is 1.74. The van der Waals surface area contributed by atoms with Gasteiger partial charge in [0.2, 0.25) is 5.91 Å². The highest BCUT2D eigenvalue weighted by atomic mass is 16.1. The molecule has 0 fully saturated rings. The van der Waals surface area contributed by atoms with Crippen molar-refractivity contribution in [2.75, 3.05) is 6.54 Å². The van der Waals surface area contributed by atoms with Crippen LogP contribution < -0.4 is 11.1 Å². The fraction of sp³-hybridized carbons (Fsp3) is 0.500. The molecule has 0 spiro atoms. The Kier molecular flexibility index (Phi) is 5.70. The van der Waals surface area contributed by atoms with Crippen molar-refractivity contribution in [2.24, 2.45) is 5.73 Å². The molecule has 1 aromatic carbocycles. The average molecular weight is 234 g/mol. The monoisotopic (exact) mass is 234 g/mol. The molecule has 17 heavy (non-hydrogen) atoms. The molecular weight excluding hydrogens is 212 g/mol. The van der Waals surface area contributed by atoms with Crippen molar-refractivity contribution in [1.82, 2.24) is 5.32 Å². The summed E-state index contributed by atoms with van der Waals surface area (Å²) in [5.74, 6) is -0.230. The molecule has 0 heterocycles. The molecule has 1 unspecified atom stereocenters. The Bertz CT molecular complexity index is 346. The van der Waals surface area contributed by atoms with Crippen LogP contribution in [0.4, 0.5) is 0 Å². The van der Waals surface area contributed by atoms with E-state index in [0.717, 1.165) is 19.4 Å². The molecule has 0 saturated carbocycles. The highest BCUT2D eigenvalue weighted by Crippen LogP contribution is 2.13. The zero-order valence-electron chi connectivity index (χ0n) is 10.7. The van der Waals surface area contributed by atoms with Gasteiger partial charge in [-0.15, -0.1) is 0 Å². The van der Waals surface area contributed by atoms with Gasteiger partial charge in [-0.25, -0.2) is 0 Å². The molecule has 3 N–H and O–H groups in total. The van der Waals surface area contributed by atoms with Crippen LogP contribution in [0.3, 0.4) is 0 Å². The second-order valence-electron chi connectivity index (χ2n) is 4.34. The summed E-state index contributed by atoms with van der Waals surface area (Å²) in [5, 5.41) is 3.38. The number of hydrogen-bond acceptors (Lipinski definition) is 2. The SMILES string of the molecule is CCc1ccc(C(C)NCCCC(N)=O)cc1. The number of rotatable bonds is 7. The predicted octanol–water partition coefficient (Wildman–Crippen LogP) is 2.17. The number of amides is 1. The highest BCUT2D eigenvalue weighted by molar-refractivity contribution is 5.73. The van der Waals surface area contributed by atoms with Gasteiger partial charge in [0.25, 0.3) is 0 Å². The highest BCUT2D eigenvalue weighted by Gasteiger charge is 2.04. The summed E-state index contributed by atoms with van der Waals surface area (Å²) in [7, 11) is 0. The number of primary amides is 1. The Morgan fingerprint density at radius 1 is 1.35 bits per heavy atom. The first-order chi connectivity index (χ1) is 8.13. The second kappa shape index (κ2) is 7.07. The van der Waals surface area contributed by atoms with Gasteiger partial charge in [0.15, 0.2) is 0 Å². The maximum absolute atomic E-state index is 10.6. The molecule has 1 rings (SSSR count). The topological polar surface area (TPSA) is 55.1 Å². The van der Waals surface area contributed by atoms with E-state index in [-0.39, 0.29) is 5.91 Å². The minimum atomic E-state index is -0.230. The molecule has 1 atom stereocenters. The number of carbonyl (C=O) groups is 1. The van der Waals surface area contributed by atoms with Gasteiger partial charge in [-0.2, -0.15) is 0 Å². The van der Waals surface area contributed by atoms with Crippen LogP contribution in [-0.4, -0.2) is 12.5 Å². The van der Waals surface area contributed by atoms with Crippen molar-refractivity contribution in [3.63, 3.8) is 0 Å². The Morgan fingerprint density at radius 2 is 2.00 bits per heavy atom. The molecule has 0 radical (unpaired) electrons. The van der Waals surface area contributed by atoms with Gasteiger partial charge in [-0.1, -0.05) is 31.2 Å². The average Bonchev–Trinajstić information content (AvgIpc) is 2.34. The van der Waals surface area contributed by atoms with E-state index in [4.69, 9.17) is 5.73 Å². The maximum Gasteiger partial charge on any atom is 0.217 e. The molecule has 0 aromatic heterocycles. The molecule has 1 amide bonds. The number of carbonyl (C=O) groups excluding carboxylic acids is 1. The van der Waals surface area contributed by atoms with E-state index >= 15 is 0 Å². The molecule has 94 valence electrons. The van der Waals surface area contributed by atoms with Crippen LogP contribution in [0.2, 0.25) is 0 Å². The Labute approximate surface area is 103 Å². The van der Waals surface area contributed by atoms with Crippen molar-refractivity contribution in [3.05, 3.63) is 35.4 Å². The number of nitrogens with two attached hydrogens (primary N) is 1. The van der Waals surface area contributed by atoms with Crippen LogP contribution in [0.5, 0.6) is 0 Å². The normalized spacial score (nSPS) is 12.4. The van der Waals surface area contributed by atoms with E-state index in [0.29, 0.717) is 12.5 Å². The van der Waals surface area contributed by atoms with Gasteiger partial charge in [0.1, 0.15) is 0 Å². The fourth-order valence-corrected chi connectivity index (χ4v) is 1.74. The van der Waals surface area contributed by atoms with E-state index in [1.807, 2.05) is 0 Å². The third-order valence-electron chi connectivity index (χ3n) is 2.94. The van der Waals surface area contributed by atoms with Crippen LogP contribution in [0, 0.1) is 0 Å². The van der Waals surface area contributed by atoms with Crippen LogP contribution in [0.1, 0.15) is 43.9 Å². The van der Waals surface area contributed by atoms with Crippen LogP contribution in [0.25, 0.3) is 0 Å².